The van der Waals surface area contributed by atoms with E-state index in [2.05, 4.69) is 4.18 Å². The molecule has 3 rings (SSSR count). The molecule has 1 fully saturated rings. The van der Waals surface area contributed by atoms with E-state index in [0.717, 1.165) is 44.2 Å². The van der Waals surface area contributed by atoms with Gasteiger partial charge in [-0.2, -0.15) is 13.7 Å². The van der Waals surface area contributed by atoms with Crippen LogP contribution in [0.5, 0.6) is 5.75 Å². The van der Waals surface area contributed by atoms with Gasteiger partial charge in [0.2, 0.25) is 0 Å². The minimum atomic E-state index is -5.32. The summed E-state index contributed by atoms with van der Waals surface area (Å²) in [5.74, 6) is -1.15. The Kier molecular flexibility index (Phi) is 5.61. The molecule has 146 valence electrons. The number of benzene rings is 1. The van der Waals surface area contributed by atoms with E-state index in [-0.39, 0.29) is 22.7 Å². The molecule has 28 heavy (non-hydrogen) atoms. The maximum absolute atomic E-state index is 12.9. The van der Waals surface area contributed by atoms with Crippen LogP contribution in [0.25, 0.3) is 0 Å². The molecule has 1 saturated carbocycles. The summed E-state index contributed by atoms with van der Waals surface area (Å²) in [7, 11) is -5.32. The lowest BCUT2D eigenvalue weighted by Crippen LogP contribution is -2.29. The molecule has 0 unspecified atom stereocenters. The Labute approximate surface area is 161 Å². The molecule has 9 heteroatoms. The number of hydrogen-bond donors (Lipinski definition) is 0. The number of para-hydroxylation sites is 1. The Bertz CT molecular complexity index is 1110. The first-order chi connectivity index (χ1) is 13.3. The largest absolute Gasteiger partial charge is 0.488 e. The number of halogens is 1. The first kappa shape index (κ1) is 19.8. The number of carbonyl (C=O) groups excluding carboxylic acids is 1. The molecule has 1 aromatic carbocycles. The summed E-state index contributed by atoms with van der Waals surface area (Å²) in [5, 5.41) is 9.30. The van der Waals surface area contributed by atoms with Crippen molar-refractivity contribution in [2.75, 3.05) is 0 Å². The van der Waals surface area contributed by atoms with Gasteiger partial charge in [-0.3, -0.25) is 9.59 Å². The highest BCUT2D eigenvalue weighted by molar-refractivity contribution is 7.81. The number of nitrogens with zero attached hydrogens (tertiary/aromatic N) is 2. The molecule has 2 aromatic rings. The predicted molar refractivity (Wildman–Crippen MR) is 98.1 cm³/mol. The van der Waals surface area contributed by atoms with E-state index in [1.54, 1.807) is 6.07 Å². The minimum Gasteiger partial charge on any atom is -0.358 e. The van der Waals surface area contributed by atoms with Crippen molar-refractivity contribution in [3.63, 3.8) is 0 Å². The van der Waals surface area contributed by atoms with Crippen LogP contribution in [0, 0.1) is 11.3 Å². The van der Waals surface area contributed by atoms with Gasteiger partial charge in [0.25, 0.3) is 5.56 Å². The van der Waals surface area contributed by atoms with Gasteiger partial charge in [-0.25, -0.2) is 0 Å². The minimum absolute atomic E-state index is 0.0222. The molecule has 0 amide bonds. The number of rotatable bonds is 5. The van der Waals surface area contributed by atoms with Crippen LogP contribution >= 0.6 is 0 Å². The van der Waals surface area contributed by atoms with Crippen molar-refractivity contribution in [3.8, 4) is 11.8 Å². The maximum atomic E-state index is 12.9. The Morgan fingerprint density at radius 1 is 1.21 bits per heavy atom. The molecule has 0 aliphatic heterocycles. The van der Waals surface area contributed by atoms with Crippen LogP contribution in [0.3, 0.4) is 0 Å². The van der Waals surface area contributed by atoms with Crippen LogP contribution in [-0.4, -0.2) is 18.8 Å². The number of nitriles is 1. The second-order valence-corrected chi connectivity index (χ2v) is 7.51. The molecule has 0 saturated heterocycles. The first-order valence-corrected chi connectivity index (χ1v) is 10.0. The molecule has 1 heterocycles. The molecular formula is C19H17FN2O5S. The van der Waals surface area contributed by atoms with Crippen LogP contribution in [-0.2, 0) is 10.5 Å². The second kappa shape index (κ2) is 7.94. The molecule has 1 aliphatic carbocycles. The average Bonchev–Trinajstić information content (AvgIpc) is 2.67. The van der Waals surface area contributed by atoms with Crippen molar-refractivity contribution in [3.05, 3.63) is 63.6 Å². The quantitative estimate of drug-likeness (QED) is 0.560. The topological polar surface area (TPSA) is 106 Å². The third-order valence-corrected chi connectivity index (χ3v) is 5.09. The van der Waals surface area contributed by atoms with Crippen LogP contribution in [0.2, 0.25) is 0 Å². The Hall–Kier alpha value is -2.99. The first-order valence-electron chi connectivity index (χ1n) is 8.74. The van der Waals surface area contributed by atoms with Gasteiger partial charge in [0, 0.05) is 17.8 Å². The predicted octanol–water partition coefficient (Wildman–Crippen LogP) is 3.05. The fourth-order valence-corrected chi connectivity index (χ4v) is 3.79. The van der Waals surface area contributed by atoms with Crippen LogP contribution in [0.1, 0.15) is 59.6 Å². The smallest absolute Gasteiger partial charge is 0.358 e. The average molecular weight is 404 g/mol. The molecule has 1 aromatic heterocycles. The number of ketones is 1. The number of hydrogen-bond acceptors (Lipinski definition) is 6. The second-order valence-electron chi connectivity index (χ2n) is 6.56. The summed E-state index contributed by atoms with van der Waals surface area (Å²) in [5.41, 5.74) is -0.828. The molecular weight excluding hydrogens is 387 g/mol. The van der Waals surface area contributed by atoms with Gasteiger partial charge in [0.1, 0.15) is 11.6 Å². The van der Waals surface area contributed by atoms with Gasteiger partial charge in [-0.15, -0.1) is 0 Å². The van der Waals surface area contributed by atoms with E-state index in [4.69, 9.17) is 0 Å². The fourth-order valence-electron chi connectivity index (χ4n) is 3.43. The Morgan fingerprint density at radius 2 is 1.89 bits per heavy atom. The van der Waals surface area contributed by atoms with Crippen molar-refractivity contribution < 1.29 is 21.3 Å². The van der Waals surface area contributed by atoms with Crippen LogP contribution in [0.15, 0.2) is 41.3 Å². The van der Waals surface area contributed by atoms with Crippen molar-refractivity contribution in [2.45, 2.75) is 38.1 Å². The SMILES string of the molecule is N#Cc1cc(C(=O)c2ccccc2OS(=O)(=O)F)cn(C2CCCCC2)c1=O. The number of carbonyl (C=O) groups is 1. The van der Waals surface area contributed by atoms with Gasteiger partial charge >= 0.3 is 10.5 Å². The maximum Gasteiger partial charge on any atom is 0.488 e. The lowest BCUT2D eigenvalue weighted by Gasteiger charge is -2.24. The van der Waals surface area contributed by atoms with Crippen molar-refractivity contribution in [1.82, 2.24) is 4.57 Å². The summed E-state index contributed by atoms with van der Waals surface area (Å²) in [6.45, 7) is 0. The monoisotopic (exact) mass is 404 g/mol. The highest BCUT2D eigenvalue weighted by atomic mass is 32.3. The third kappa shape index (κ3) is 4.28. The van der Waals surface area contributed by atoms with Crippen LogP contribution in [0.4, 0.5) is 3.89 Å². The standard InChI is InChI=1S/C19H17FN2O5S/c20-28(25,26)27-17-9-5-4-8-16(17)18(23)14-10-13(11-21)19(24)22(12-14)15-6-2-1-3-7-15/h4-5,8-10,12,15H,1-3,6-7H2. The van der Waals surface area contributed by atoms with E-state index in [9.17, 15) is 27.2 Å². The fraction of sp³-hybridized carbons (Fsp3) is 0.316. The molecule has 0 bridgehead atoms. The molecule has 0 spiro atoms. The third-order valence-electron chi connectivity index (χ3n) is 4.71. The Balaban J connectivity index is 2.08. The van der Waals surface area contributed by atoms with Gasteiger partial charge in [-0.1, -0.05) is 35.3 Å². The summed E-state index contributed by atoms with van der Waals surface area (Å²) in [6.07, 6.45) is 5.87. The summed E-state index contributed by atoms with van der Waals surface area (Å²) in [4.78, 5) is 25.5. The van der Waals surface area contributed by atoms with E-state index >= 15 is 0 Å². The Morgan fingerprint density at radius 3 is 2.54 bits per heavy atom. The molecule has 0 N–H and O–H groups in total. The molecule has 7 nitrogen and oxygen atoms in total. The lowest BCUT2D eigenvalue weighted by molar-refractivity contribution is 0.103. The highest BCUT2D eigenvalue weighted by Crippen LogP contribution is 2.28. The number of pyridine rings is 1. The van der Waals surface area contributed by atoms with Gasteiger partial charge in [0.15, 0.2) is 11.5 Å². The summed E-state index contributed by atoms with van der Waals surface area (Å²) in [6, 6.07) is 8.13. The van der Waals surface area contributed by atoms with Gasteiger partial charge in [0.05, 0.1) is 5.56 Å². The number of aromatic nitrogens is 1. The van der Waals surface area contributed by atoms with Crippen molar-refractivity contribution in [2.24, 2.45) is 0 Å². The van der Waals surface area contributed by atoms with E-state index < -0.39 is 27.6 Å². The van der Waals surface area contributed by atoms with Crippen molar-refractivity contribution in [1.29, 1.82) is 5.26 Å². The van der Waals surface area contributed by atoms with Gasteiger partial charge in [-0.05, 0) is 31.0 Å². The zero-order valence-electron chi connectivity index (χ0n) is 14.8. The van der Waals surface area contributed by atoms with Crippen LogP contribution < -0.4 is 9.74 Å². The lowest BCUT2D eigenvalue weighted by atomic mass is 9.94. The van der Waals surface area contributed by atoms with Crippen molar-refractivity contribution >= 4 is 16.3 Å². The zero-order chi connectivity index (χ0) is 20.3. The molecule has 0 atom stereocenters. The van der Waals surface area contributed by atoms with Gasteiger partial charge < -0.3 is 8.75 Å². The summed E-state index contributed by atoms with van der Waals surface area (Å²) < 4.78 is 40.3. The van der Waals surface area contributed by atoms with E-state index in [0.29, 0.717) is 0 Å². The zero-order valence-corrected chi connectivity index (χ0v) is 15.6. The molecule has 1 aliphatic rings. The van der Waals surface area contributed by atoms with E-state index in [1.165, 1.54) is 29.0 Å². The summed E-state index contributed by atoms with van der Waals surface area (Å²) >= 11 is 0. The molecule has 0 radical (unpaired) electrons. The normalized spacial score (nSPS) is 15.0. The van der Waals surface area contributed by atoms with E-state index in [1.807, 2.05) is 0 Å². The highest BCUT2D eigenvalue weighted by Gasteiger charge is 2.23.